The molecule has 0 radical (unpaired) electrons. The van der Waals surface area contributed by atoms with E-state index in [4.69, 9.17) is 13.8 Å². The quantitative estimate of drug-likeness (QED) is 0.149. The van der Waals surface area contributed by atoms with Crippen LogP contribution in [0.15, 0.2) is 47.4 Å². The van der Waals surface area contributed by atoms with Crippen LogP contribution in [0.3, 0.4) is 0 Å². The monoisotopic (exact) mass is 628 g/mol. The Morgan fingerprint density at radius 3 is 2.55 bits per heavy atom. The lowest BCUT2D eigenvalue weighted by Crippen LogP contribution is -2.46. The van der Waals surface area contributed by atoms with Crippen molar-refractivity contribution < 1.29 is 43.3 Å². The normalized spacial score (nSPS) is 23.8. The van der Waals surface area contributed by atoms with Gasteiger partial charge in [-0.3, -0.25) is 23.2 Å². The van der Waals surface area contributed by atoms with Crippen LogP contribution in [0, 0.1) is 5.41 Å². The first-order valence-corrected chi connectivity index (χ1v) is 15.6. The van der Waals surface area contributed by atoms with E-state index in [1.165, 1.54) is 26.1 Å². The highest BCUT2D eigenvalue weighted by molar-refractivity contribution is 8.13. The lowest BCUT2D eigenvalue weighted by atomic mass is 9.96. The van der Waals surface area contributed by atoms with Gasteiger partial charge in [0.15, 0.2) is 11.3 Å². The molecular formula is C26H37N4O10PS. The smallest absolute Gasteiger partial charge is 0.395 e. The minimum absolute atomic E-state index is 0.00388. The van der Waals surface area contributed by atoms with Crippen LogP contribution in [0.5, 0.6) is 0 Å². The minimum atomic E-state index is -4.05. The number of carbonyl (C=O) groups is 2. The minimum Gasteiger partial charge on any atom is -0.395 e. The standard InChI is InChI=1S/C26H37N4O10PS/c1-17(32)28-20-10-11-30(24(35)29-20)22-26(4,36)21(33)19(40-22)15-39-41(37,27-14-18-8-6-5-7-9-18)38-12-13-42-23(34)25(2,3)16-31/h5-11,19,21-22,31,33,36H,12-16H2,1-4H3,(H,27,37)(H,28,29,32,35)/t19-,21?,22-,26?,41?/m1/s1. The van der Waals surface area contributed by atoms with Crippen LogP contribution >= 0.6 is 19.5 Å². The summed E-state index contributed by atoms with van der Waals surface area (Å²) in [5, 5.41) is 36.1. The van der Waals surface area contributed by atoms with E-state index in [1.54, 1.807) is 38.1 Å². The Hall–Kier alpha value is -2.46. The topological polar surface area (TPSA) is 199 Å². The third kappa shape index (κ3) is 8.78. The van der Waals surface area contributed by atoms with Crippen LogP contribution in [-0.2, 0) is 34.5 Å². The predicted molar refractivity (Wildman–Crippen MR) is 154 cm³/mol. The summed E-state index contributed by atoms with van der Waals surface area (Å²) in [5.41, 5.74) is -2.99. The van der Waals surface area contributed by atoms with Crippen molar-refractivity contribution >= 4 is 36.3 Å². The van der Waals surface area contributed by atoms with Crippen molar-refractivity contribution in [2.45, 2.75) is 58.3 Å². The third-order valence-electron chi connectivity index (χ3n) is 6.40. The Labute approximate surface area is 247 Å². The molecule has 2 heterocycles. The first-order chi connectivity index (χ1) is 19.7. The van der Waals surface area contributed by atoms with Gasteiger partial charge in [-0.15, -0.1) is 0 Å². The van der Waals surface area contributed by atoms with E-state index in [1.807, 2.05) is 6.07 Å². The Morgan fingerprint density at radius 2 is 1.93 bits per heavy atom. The van der Waals surface area contributed by atoms with Gasteiger partial charge in [0.1, 0.15) is 23.6 Å². The van der Waals surface area contributed by atoms with Crippen molar-refractivity contribution in [3.63, 3.8) is 0 Å². The maximum absolute atomic E-state index is 13.7. The van der Waals surface area contributed by atoms with Gasteiger partial charge in [0.05, 0.1) is 25.2 Å². The zero-order valence-electron chi connectivity index (χ0n) is 23.8. The summed E-state index contributed by atoms with van der Waals surface area (Å²) in [6, 6.07) is 10.4. The molecule has 1 saturated heterocycles. The molecule has 5 atom stereocenters. The Kier molecular flexibility index (Phi) is 11.6. The molecule has 5 N–H and O–H groups in total. The number of carbonyl (C=O) groups excluding carboxylic acids is 2. The second-order valence-electron chi connectivity index (χ2n) is 10.5. The predicted octanol–water partition coefficient (Wildman–Crippen LogP) is 1.42. The summed E-state index contributed by atoms with van der Waals surface area (Å²) in [5.74, 6) is -0.292. The molecular weight excluding hydrogens is 591 g/mol. The molecule has 1 aromatic heterocycles. The fourth-order valence-electron chi connectivity index (χ4n) is 3.85. The van der Waals surface area contributed by atoms with Crippen molar-refractivity contribution in [3.8, 4) is 0 Å². The highest BCUT2D eigenvalue weighted by atomic mass is 32.2. The Balaban J connectivity index is 1.70. The fourth-order valence-corrected chi connectivity index (χ4v) is 6.09. The Morgan fingerprint density at radius 1 is 1.24 bits per heavy atom. The summed E-state index contributed by atoms with van der Waals surface area (Å²) < 4.78 is 31.6. The van der Waals surface area contributed by atoms with Gasteiger partial charge < -0.3 is 25.4 Å². The van der Waals surface area contributed by atoms with Crippen molar-refractivity contribution in [1.29, 1.82) is 0 Å². The molecule has 0 saturated carbocycles. The van der Waals surface area contributed by atoms with E-state index in [2.05, 4.69) is 15.4 Å². The van der Waals surface area contributed by atoms with Gasteiger partial charge >= 0.3 is 13.4 Å². The molecule has 232 valence electrons. The van der Waals surface area contributed by atoms with Crippen molar-refractivity contribution in [3.05, 3.63) is 58.6 Å². The summed E-state index contributed by atoms with van der Waals surface area (Å²) in [6.07, 6.45) is -2.94. The SMILES string of the molecule is CC(=O)Nc1ccn([C@@H]2O[C@H](COP(=O)(NCc3ccccc3)OCCSC(=O)C(C)(C)CO)C(O)C2(C)O)c(=O)n1. The van der Waals surface area contributed by atoms with Crippen LogP contribution < -0.4 is 16.1 Å². The molecule has 16 heteroatoms. The van der Waals surface area contributed by atoms with Crippen LogP contribution in [-0.4, -0.2) is 79.3 Å². The van der Waals surface area contributed by atoms with Gasteiger partial charge in [0.2, 0.25) is 5.91 Å². The number of hydrogen-bond acceptors (Lipinski definition) is 12. The number of ether oxygens (including phenoxy) is 1. The van der Waals surface area contributed by atoms with Crippen LogP contribution in [0.25, 0.3) is 0 Å². The number of thioether (sulfide) groups is 1. The lowest BCUT2D eigenvalue weighted by Gasteiger charge is -2.27. The number of anilines is 1. The number of hydrogen-bond donors (Lipinski definition) is 5. The first kappa shape index (κ1) is 34.0. The lowest BCUT2D eigenvalue weighted by molar-refractivity contribution is -0.120. The van der Waals surface area contributed by atoms with E-state index >= 15 is 0 Å². The van der Waals surface area contributed by atoms with Gasteiger partial charge in [-0.05, 0) is 32.4 Å². The van der Waals surface area contributed by atoms with Gasteiger partial charge in [-0.2, -0.15) is 4.98 Å². The molecule has 3 rings (SSSR count). The number of aromatic nitrogens is 2. The zero-order chi connectivity index (χ0) is 31.1. The van der Waals surface area contributed by atoms with E-state index in [9.17, 15) is 34.3 Å². The van der Waals surface area contributed by atoms with E-state index < -0.39 is 55.4 Å². The number of aliphatic hydroxyl groups excluding tert-OH is 2. The molecule has 0 spiro atoms. The number of benzene rings is 1. The molecule has 3 unspecified atom stereocenters. The second-order valence-corrected chi connectivity index (χ2v) is 13.4. The van der Waals surface area contributed by atoms with Gasteiger partial charge in [0, 0.05) is 25.4 Å². The second kappa shape index (κ2) is 14.3. The molecule has 14 nitrogen and oxygen atoms in total. The molecule has 1 fully saturated rings. The average molecular weight is 629 g/mol. The molecule has 42 heavy (non-hydrogen) atoms. The summed E-state index contributed by atoms with van der Waals surface area (Å²) in [6.45, 7) is 4.88. The van der Waals surface area contributed by atoms with Crippen molar-refractivity contribution in [1.82, 2.24) is 14.6 Å². The van der Waals surface area contributed by atoms with Gasteiger partial charge in [-0.25, -0.2) is 14.4 Å². The highest BCUT2D eigenvalue weighted by Crippen LogP contribution is 2.46. The largest absolute Gasteiger partial charge is 0.405 e. The summed E-state index contributed by atoms with van der Waals surface area (Å²) >= 11 is 0.922. The first-order valence-electron chi connectivity index (χ1n) is 13.1. The molecule has 2 aromatic rings. The molecule has 1 aliphatic heterocycles. The van der Waals surface area contributed by atoms with E-state index in [0.717, 1.165) is 21.9 Å². The van der Waals surface area contributed by atoms with Crippen LogP contribution in [0.2, 0.25) is 0 Å². The van der Waals surface area contributed by atoms with E-state index in [-0.39, 0.29) is 36.4 Å². The summed E-state index contributed by atoms with van der Waals surface area (Å²) in [4.78, 5) is 39.9. The molecule has 1 amide bonds. The molecule has 0 aliphatic carbocycles. The van der Waals surface area contributed by atoms with Crippen LogP contribution in [0.4, 0.5) is 5.82 Å². The van der Waals surface area contributed by atoms with Gasteiger partial charge in [0.25, 0.3) is 0 Å². The van der Waals surface area contributed by atoms with E-state index in [0.29, 0.717) is 0 Å². The Bertz CT molecular complexity index is 1340. The third-order valence-corrected chi connectivity index (χ3v) is 9.14. The number of nitrogens with one attached hydrogen (secondary N) is 2. The zero-order valence-corrected chi connectivity index (χ0v) is 25.5. The number of rotatable bonds is 14. The van der Waals surface area contributed by atoms with Gasteiger partial charge in [-0.1, -0.05) is 42.1 Å². The van der Waals surface area contributed by atoms with Crippen molar-refractivity contribution in [2.75, 3.05) is 30.9 Å². The summed E-state index contributed by atoms with van der Waals surface area (Å²) in [7, 11) is -4.05. The highest BCUT2D eigenvalue weighted by Gasteiger charge is 2.54. The molecule has 0 bridgehead atoms. The number of aliphatic hydroxyl groups is 3. The maximum atomic E-state index is 13.7. The molecule has 1 aliphatic rings. The van der Waals surface area contributed by atoms with Crippen molar-refractivity contribution in [2.24, 2.45) is 5.41 Å². The maximum Gasteiger partial charge on any atom is 0.405 e. The number of amides is 1. The fraction of sp³-hybridized carbons (Fsp3) is 0.538. The molecule has 1 aromatic carbocycles. The number of nitrogens with zero attached hydrogens (tertiary/aromatic N) is 2. The van der Waals surface area contributed by atoms with Crippen LogP contribution in [0.1, 0.15) is 39.5 Å². The average Bonchev–Trinajstić information content (AvgIpc) is 3.17.